The van der Waals surface area contributed by atoms with Crippen LogP contribution in [0.15, 0.2) is 16.9 Å². The number of anilines is 1. The third kappa shape index (κ3) is 2.50. The second kappa shape index (κ2) is 5.34. The summed E-state index contributed by atoms with van der Waals surface area (Å²) in [4.78, 5) is 6.57. The molecule has 0 amide bonds. The van der Waals surface area contributed by atoms with Crippen LogP contribution in [0, 0.1) is 0 Å². The van der Waals surface area contributed by atoms with E-state index in [1.807, 2.05) is 19.3 Å². The number of rotatable bonds is 2. The molecule has 1 aliphatic rings. The van der Waals surface area contributed by atoms with E-state index in [1.54, 1.807) is 0 Å². The second-order valence-electron chi connectivity index (χ2n) is 3.96. The molecular weight excluding hydrogens is 289 g/mol. The van der Waals surface area contributed by atoms with E-state index in [1.165, 1.54) is 19.3 Å². The maximum absolute atomic E-state index is 6.07. The van der Waals surface area contributed by atoms with Crippen LogP contribution in [-0.4, -0.2) is 24.7 Å². The van der Waals surface area contributed by atoms with Crippen molar-refractivity contribution in [2.24, 2.45) is 0 Å². The molecule has 0 aromatic carbocycles. The van der Waals surface area contributed by atoms with Crippen molar-refractivity contribution < 1.29 is 0 Å². The van der Waals surface area contributed by atoms with E-state index in [0.717, 1.165) is 12.2 Å². The highest BCUT2D eigenvalue weighted by molar-refractivity contribution is 9.10. The summed E-state index contributed by atoms with van der Waals surface area (Å²) >= 11 is 9.38. The summed E-state index contributed by atoms with van der Waals surface area (Å²) in [6.45, 7) is 1.06. The van der Waals surface area contributed by atoms with Crippen LogP contribution in [0.2, 0.25) is 5.02 Å². The van der Waals surface area contributed by atoms with E-state index >= 15 is 0 Å². The maximum atomic E-state index is 6.07. The molecule has 0 saturated carbocycles. The molecular formula is C11H15BrClN3. The Balaban J connectivity index is 2.23. The maximum Gasteiger partial charge on any atom is 0.124 e. The van der Waals surface area contributed by atoms with Gasteiger partial charge in [-0.2, -0.15) is 0 Å². The number of nitrogens with one attached hydrogen (secondary N) is 1. The van der Waals surface area contributed by atoms with E-state index in [0.29, 0.717) is 15.8 Å². The van der Waals surface area contributed by atoms with Gasteiger partial charge in [-0.1, -0.05) is 11.6 Å². The van der Waals surface area contributed by atoms with Gasteiger partial charge in [-0.25, -0.2) is 4.98 Å². The lowest BCUT2D eigenvalue weighted by Crippen LogP contribution is -2.47. The highest BCUT2D eigenvalue weighted by atomic mass is 79.9. The van der Waals surface area contributed by atoms with Crippen LogP contribution in [0.25, 0.3) is 0 Å². The Morgan fingerprint density at radius 2 is 2.38 bits per heavy atom. The van der Waals surface area contributed by atoms with Gasteiger partial charge in [0.05, 0.1) is 23.1 Å². The zero-order chi connectivity index (χ0) is 11.5. The fraction of sp³-hybridized carbons (Fsp3) is 0.545. The van der Waals surface area contributed by atoms with Crippen LogP contribution >= 0.6 is 27.5 Å². The fourth-order valence-electron chi connectivity index (χ4n) is 2.11. The van der Waals surface area contributed by atoms with Crippen molar-refractivity contribution in [3.63, 3.8) is 0 Å². The molecule has 1 atom stereocenters. The Morgan fingerprint density at radius 1 is 1.56 bits per heavy atom. The number of hydrogen-bond donors (Lipinski definition) is 1. The van der Waals surface area contributed by atoms with Crippen LogP contribution in [0.3, 0.4) is 0 Å². The number of piperidine rings is 1. The van der Waals surface area contributed by atoms with E-state index in [2.05, 4.69) is 31.1 Å². The van der Waals surface area contributed by atoms with Crippen molar-refractivity contribution in [3.05, 3.63) is 21.9 Å². The van der Waals surface area contributed by atoms with Crippen molar-refractivity contribution in [1.29, 1.82) is 0 Å². The minimum atomic E-state index is 0.396. The third-order valence-electron chi connectivity index (χ3n) is 2.95. The molecule has 1 aromatic heterocycles. The monoisotopic (exact) mass is 303 g/mol. The van der Waals surface area contributed by atoms with Gasteiger partial charge in [-0.3, -0.25) is 0 Å². The lowest BCUT2D eigenvalue weighted by Gasteiger charge is -2.37. The summed E-state index contributed by atoms with van der Waals surface area (Å²) in [7, 11) is 2.00. The summed E-state index contributed by atoms with van der Waals surface area (Å²) in [5, 5.41) is 3.99. The van der Waals surface area contributed by atoms with Gasteiger partial charge in [0.1, 0.15) is 4.60 Å². The van der Waals surface area contributed by atoms with Gasteiger partial charge in [-0.05, 0) is 48.3 Å². The molecule has 1 saturated heterocycles. The third-order valence-corrected chi connectivity index (χ3v) is 4.10. The highest BCUT2D eigenvalue weighted by Gasteiger charge is 2.21. The number of nitrogens with zero attached hydrogens (tertiary/aromatic N) is 2. The molecule has 0 aliphatic carbocycles. The lowest BCUT2D eigenvalue weighted by molar-refractivity contribution is 0.418. The standard InChI is InChI=1S/C11H15BrClN3/c1-14-10-4-2-3-5-16(10)8-6-9(13)11(12)15-7-8/h6-7,10,14H,2-5H2,1H3. The van der Waals surface area contributed by atoms with Crippen LogP contribution in [-0.2, 0) is 0 Å². The quantitative estimate of drug-likeness (QED) is 0.851. The topological polar surface area (TPSA) is 28.2 Å². The number of aromatic nitrogens is 1. The molecule has 2 rings (SSSR count). The molecule has 1 aromatic rings. The highest BCUT2D eigenvalue weighted by Crippen LogP contribution is 2.28. The predicted molar refractivity (Wildman–Crippen MR) is 71.0 cm³/mol. The van der Waals surface area contributed by atoms with E-state index in [-0.39, 0.29) is 0 Å². The zero-order valence-corrected chi connectivity index (χ0v) is 11.6. The summed E-state index contributed by atoms with van der Waals surface area (Å²) in [5.41, 5.74) is 1.09. The molecule has 1 N–H and O–H groups in total. The SMILES string of the molecule is CNC1CCCCN1c1cnc(Br)c(Cl)c1. The van der Waals surface area contributed by atoms with Crippen LogP contribution < -0.4 is 10.2 Å². The molecule has 0 radical (unpaired) electrons. The molecule has 1 unspecified atom stereocenters. The first-order chi connectivity index (χ1) is 7.72. The number of pyridine rings is 1. The average molecular weight is 305 g/mol. The van der Waals surface area contributed by atoms with Crippen molar-refractivity contribution in [3.8, 4) is 0 Å². The number of hydrogen-bond acceptors (Lipinski definition) is 3. The fourth-order valence-corrected chi connectivity index (χ4v) is 2.49. The first-order valence-electron chi connectivity index (χ1n) is 5.47. The van der Waals surface area contributed by atoms with Gasteiger partial charge in [0.2, 0.25) is 0 Å². The minimum absolute atomic E-state index is 0.396. The molecule has 16 heavy (non-hydrogen) atoms. The van der Waals surface area contributed by atoms with E-state index < -0.39 is 0 Å². The summed E-state index contributed by atoms with van der Waals surface area (Å²) in [6, 6.07) is 1.97. The molecule has 3 nitrogen and oxygen atoms in total. The molecule has 5 heteroatoms. The molecule has 1 fully saturated rings. The Hall–Kier alpha value is -0.320. The van der Waals surface area contributed by atoms with E-state index in [4.69, 9.17) is 11.6 Å². The normalized spacial score (nSPS) is 21.2. The Bertz CT molecular complexity index is 372. The van der Waals surface area contributed by atoms with Crippen LogP contribution in [0.4, 0.5) is 5.69 Å². The van der Waals surface area contributed by atoms with Gasteiger partial charge in [0, 0.05) is 6.54 Å². The van der Waals surface area contributed by atoms with Gasteiger partial charge in [0.15, 0.2) is 0 Å². The van der Waals surface area contributed by atoms with E-state index in [9.17, 15) is 0 Å². The smallest absolute Gasteiger partial charge is 0.124 e. The molecule has 88 valence electrons. The van der Waals surface area contributed by atoms with Gasteiger partial charge < -0.3 is 10.2 Å². The Labute approximate surface area is 109 Å². The molecule has 2 heterocycles. The predicted octanol–water partition coefficient (Wildman–Crippen LogP) is 3.03. The molecule has 1 aliphatic heterocycles. The number of halogens is 2. The second-order valence-corrected chi connectivity index (χ2v) is 5.12. The van der Waals surface area contributed by atoms with Gasteiger partial charge in [0.25, 0.3) is 0 Å². The lowest BCUT2D eigenvalue weighted by atomic mass is 10.1. The van der Waals surface area contributed by atoms with Gasteiger partial charge >= 0.3 is 0 Å². The van der Waals surface area contributed by atoms with Crippen molar-refractivity contribution in [2.75, 3.05) is 18.5 Å². The summed E-state index contributed by atoms with van der Waals surface area (Å²) in [6.07, 6.45) is 5.94. The average Bonchev–Trinajstić information content (AvgIpc) is 2.32. The van der Waals surface area contributed by atoms with Crippen molar-refractivity contribution in [1.82, 2.24) is 10.3 Å². The van der Waals surface area contributed by atoms with Crippen molar-refractivity contribution in [2.45, 2.75) is 25.4 Å². The zero-order valence-electron chi connectivity index (χ0n) is 9.21. The summed E-state index contributed by atoms with van der Waals surface area (Å²) in [5.74, 6) is 0. The van der Waals surface area contributed by atoms with Crippen LogP contribution in [0.5, 0.6) is 0 Å². The van der Waals surface area contributed by atoms with Crippen LogP contribution in [0.1, 0.15) is 19.3 Å². The molecule has 0 spiro atoms. The minimum Gasteiger partial charge on any atom is -0.355 e. The first-order valence-corrected chi connectivity index (χ1v) is 6.64. The van der Waals surface area contributed by atoms with Crippen molar-refractivity contribution >= 4 is 33.2 Å². The summed E-state index contributed by atoms with van der Waals surface area (Å²) < 4.78 is 0.705. The Morgan fingerprint density at radius 3 is 3.06 bits per heavy atom. The van der Waals surface area contributed by atoms with Gasteiger partial charge in [-0.15, -0.1) is 0 Å². The largest absolute Gasteiger partial charge is 0.355 e. The first kappa shape index (κ1) is 12.1. The molecule has 0 bridgehead atoms. The Kier molecular flexibility index (Phi) is 4.05.